The van der Waals surface area contributed by atoms with Crippen LogP contribution in [0.1, 0.15) is 20.7 Å². The summed E-state index contributed by atoms with van der Waals surface area (Å²) in [6.45, 7) is 0. The third kappa shape index (κ3) is 3.38. The van der Waals surface area contributed by atoms with Crippen LogP contribution in [0.2, 0.25) is 0 Å². The number of fused-ring (bicyclic) bond motifs is 1. The fourth-order valence-electron chi connectivity index (χ4n) is 2.73. The Balaban J connectivity index is 1.82. The van der Waals surface area contributed by atoms with Crippen LogP contribution < -0.4 is 8.92 Å². The summed E-state index contributed by atoms with van der Waals surface area (Å²) in [6, 6.07) is 27.1. The molecule has 0 atom stereocenters. The van der Waals surface area contributed by atoms with Crippen LogP contribution in [0.5, 0.6) is 0 Å². The van der Waals surface area contributed by atoms with Crippen molar-refractivity contribution in [2.75, 3.05) is 0 Å². The zero-order chi connectivity index (χ0) is 17.9. The van der Waals surface area contributed by atoms with Gasteiger partial charge in [0.1, 0.15) is 0 Å². The van der Waals surface area contributed by atoms with E-state index in [1.54, 1.807) is 12.1 Å². The van der Waals surface area contributed by atoms with Crippen LogP contribution in [-0.4, -0.2) is 41.5 Å². The summed E-state index contributed by atoms with van der Waals surface area (Å²) < 4.78 is 3.63. The van der Waals surface area contributed by atoms with Crippen molar-refractivity contribution in [1.82, 2.24) is 0 Å². The quantitative estimate of drug-likeness (QED) is 0.552. The van der Waals surface area contributed by atoms with Gasteiger partial charge in [0.05, 0.1) is 0 Å². The number of allylic oxidation sites excluding steroid dienone is 2. The van der Waals surface area contributed by atoms with Gasteiger partial charge in [-0.2, -0.15) is 0 Å². The van der Waals surface area contributed by atoms with Crippen LogP contribution in [-0.2, 0) is 0 Å². The fourth-order valence-corrected chi connectivity index (χ4v) is 7.48. The second-order valence-electron chi connectivity index (χ2n) is 5.69. The number of carbonyl (C=O) groups excluding carboxylic acids is 2. The SMILES string of the molecule is O=C1C([Se]c2ccccc2)=C([Se]c2ccccc2)C(=O)c2ccccc21. The number of Topliss-reactive ketones (excluding diaryl/α,β-unsaturated/α-hetero) is 2. The summed E-state index contributed by atoms with van der Waals surface area (Å²) in [4.78, 5) is 26.4. The molecule has 2 nitrogen and oxygen atoms in total. The van der Waals surface area contributed by atoms with Gasteiger partial charge in [0.15, 0.2) is 0 Å². The molecule has 0 fully saturated rings. The Kier molecular flexibility index (Phi) is 5.01. The van der Waals surface area contributed by atoms with Crippen molar-refractivity contribution in [3.8, 4) is 0 Å². The minimum absolute atomic E-state index is 0.0110. The molecule has 0 aromatic heterocycles. The average Bonchev–Trinajstić information content (AvgIpc) is 2.70. The van der Waals surface area contributed by atoms with E-state index in [9.17, 15) is 9.59 Å². The van der Waals surface area contributed by atoms with E-state index in [2.05, 4.69) is 0 Å². The summed E-state index contributed by atoms with van der Waals surface area (Å²) in [7, 11) is 0. The first-order valence-electron chi connectivity index (χ1n) is 8.12. The van der Waals surface area contributed by atoms with E-state index >= 15 is 0 Å². The van der Waals surface area contributed by atoms with Gasteiger partial charge in [-0.15, -0.1) is 0 Å². The van der Waals surface area contributed by atoms with Crippen molar-refractivity contribution >= 4 is 50.4 Å². The van der Waals surface area contributed by atoms with Crippen LogP contribution in [0, 0.1) is 0 Å². The number of ketones is 2. The van der Waals surface area contributed by atoms with E-state index in [4.69, 9.17) is 0 Å². The predicted octanol–water partition coefficient (Wildman–Crippen LogP) is 2.34. The van der Waals surface area contributed by atoms with Crippen molar-refractivity contribution < 1.29 is 9.59 Å². The van der Waals surface area contributed by atoms with E-state index in [1.165, 1.54) is 0 Å². The summed E-state index contributed by atoms with van der Waals surface area (Å²) in [5.41, 5.74) is 1.08. The molecule has 126 valence electrons. The van der Waals surface area contributed by atoms with E-state index in [0.29, 0.717) is 20.1 Å². The second-order valence-corrected chi connectivity index (χ2v) is 10.2. The number of rotatable bonds is 4. The van der Waals surface area contributed by atoms with Crippen molar-refractivity contribution in [2.45, 2.75) is 0 Å². The molecule has 0 radical (unpaired) electrons. The number of benzene rings is 3. The van der Waals surface area contributed by atoms with Gasteiger partial charge in [0.2, 0.25) is 0 Å². The summed E-state index contributed by atoms with van der Waals surface area (Å²) in [5, 5.41) is 0. The first-order chi connectivity index (χ1) is 12.7. The molecule has 0 amide bonds. The third-order valence-corrected chi connectivity index (χ3v) is 9.24. The van der Waals surface area contributed by atoms with Gasteiger partial charge < -0.3 is 0 Å². The molecule has 0 aliphatic heterocycles. The number of hydrogen-bond donors (Lipinski definition) is 0. The Morgan fingerprint density at radius 1 is 0.462 bits per heavy atom. The van der Waals surface area contributed by atoms with Gasteiger partial charge in [0.25, 0.3) is 0 Å². The fraction of sp³-hybridized carbons (Fsp3) is 0. The Morgan fingerprint density at radius 3 is 1.19 bits per heavy atom. The summed E-state index contributed by atoms with van der Waals surface area (Å²) in [5.74, 6) is 0.0220. The second kappa shape index (κ2) is 7.57. The van der Waals surface area contributed by atoms with Crippen LogP contribution >= 0.6 is 0 Å². The van der Waals surface area contributed by atoms with E-state index in [1.807, 2.05) is 72.8 Å². The average molecular weight is 468 g/mol. The molecule has 0 spiro atoms. The third-order valence-electron chi connectivity index (χ3n) is 3.96. The molecule has 3 aromatic carbocycles. The first kappa shape index (κ1) is 17.2. The molecule has 0 bridgehead atoms. The Bertz CT molecular complexity index is 926. The van der Waals surface area contributed by atoms with Gasteiger partial charge in [-0.05, 0) is 0 Å². The van der Waals surface area contributed by atoms with Crippen LogP contribution in [0.4, 0.5) is 0 Å². The maximum absolute atomic E-state index is 13.2. The monoisotopic (exact) mass is 470 g/mol. The molecule has 0 saturated carbocycles. The number of carbonyl (C=O) groups is 2. The van der Waals surface area contributed by atoms with Crippen molar-refractivity contribution in [3.05, 3.63) is 105 Å². The van der Waals surface area contributed by atoms with Gasteiger partial charge in [-0.25, -0.2) is 0 Å². The van der Waals surface area contributed by atoms with Crippen molar-refractivity contribution in [2.24, 2.45) is 0 Å². The number of hydrogen-bond acceptors (Lipinski definition) is 2. The predicted molar refractivity (Wildman–Crippen MR) is 106 cm³/mol. The minimum atomic E-state index is -0.187. The molecule has 1 aliphatic rings. The molecule has 0 unspecified atom stereocenters. The molecule has 26 heavy (non-hydrogen) atoms. The molecule has 4 heteroatoms. The molecule has 0 N–H and O–H groups in total. The Labute approximate surface area is 164 Å². The topological polar surface area (TPSA) is 34.1 Å². The zero-order valence-electron chi connectivity index (χ0n) is 13.7. The molecular formula is C22H14O2Se2. The molecule has 0 heterocycles. The van der Waals surface area contributed by atoms with E-state index in [0.717, 1.165) is 8.92 Å². The molecule has 3 aromatic rings. The Hall–Kier alpha value is -2.22. The molecule has 1 aliphatic carbocycles. The van der Waals surface area contributed by atoms with E-state index < -0.39 is 0 Å². The maximum atomic E-state index is 13.2. The van der Waals surface area contributed by atoms with Gasteiger partial charge in [0, 0.05) is 0 Å². The zero-order valence-corrected chi connectivity index (χ0v) is 17.1. The summed E-state index contributed by atoms with van der Waals surface area (Å²) in [6.07, 6.45) is 0. The first-order valence-corrected chi connectivity index (χ1v) is 11.5. The van der Waals surface area contributed by atoms with E-state index in [-0.39, 0.29) is 41.5 Å². The standard InChI is InChI=1S/C22H14O2Se2/c23-19-17-13-7-8-14-18(17)20(24)22(26-16-11-5-2-6-12-16)21(19)25-15-9-3-1-4-10-15/h1-14H. The van der Waals surface area contributed by atoms with Gasteiger partial charge >= 0.3 is 165 Å². The molecule has 4 rings (SSSR count). The summed E-state index contributed by atoms with van der Waals surface area (Å²) >= 11 is -0.374. The normalized spacial score (nSPS) is 13.7. The van der Waals surface area contributed by atoms with Crippen molar-refractivity contribution in [1.29, 1.82) is 0 Å². The molecule has 0 saturated heterocycles. The molecular weight excluding hydrogens is 454 g/mol. The van der Waals surface area contributed by atoms with Gasteiger partial charge in [-0.1, -0.05) is 0 Å². The van der Waals surface area contributed by atoms with Crippen LogP contribution in [0.15, 0.2) is 93.9 Å². The van der Waals surface area contributed by atoms with Crippen molar-refractivity contribution in [3.63, 3.8) is 0 Å². The van der Waals surface area contributed by atoms with Gasteiger partial charge in [-0.3, -0.25) is 0 Å². The van der Waals surface area contributed by atoms with Crippen LogP contribution in [0.25, 0.3) is 0 Å². The Morgan fingerprint density at radius 2 is 0.808 bits per heavy atom. The van der Waals surface area contributed by atoms with Crippen LogP contribution in [0.3, 0.4) is 0 Å².